The van der Waals surface area contributed by atoms with Crippen LogP contribution in [0.3, 0.4) is 0 Å². The zero-order chi connectivity index (χ0) is 11.5. The molecule has 1 N–H and O–H groups in total. The zero-order valence-electron chi connectivity index (χ0n) is 9.69. The summed E-state index contributed by atoms with van der Waals surface area (Å²) < 4.78 is 4.87. The van der Waals surface area contributed by atoms with Crippen LogP contribution < -0.4 is 5.32 Å². The summed E-state index contributed by atoms with van der Waals surface area (Å²) >= 11 is 0. The molecule has 0 aliphatic carbocycles. The molecule has 1 aromatic rings. The maximum atomic E-state index is 11.7. The molecule has 0 radical (unpaired) electrons. The fourth-order valence-corrected chi connectivity index (χ4v) is 2.26. The fraction of sp³-hybridized carbons (Fsp3) is 0.462. The minimum absolute atomic E-state index is 0.118. The summed E-state index contributed by atoms with van der Waals surface area (Å²) in [5.41, 5.74) is 2.12. The van der Waals surface area contributed by atoms with Crippen molar-refractivity contribution in [1.82, 2.24) is 0 Å². The summed E-state index contributed by atoms with van der Waals surface area (Å²) in [5, 5.41) is 3.45. The van der Waals surface area contributed by atoms with Gasteiger partial charge in [-0.05, 0) is 24.5 Å². The Hall–Kier alpha value is -1.51. The number of carbonyl (C=O) groups excluding carboxylic acids is 1. The van der Waals surface area contributed by atoms with Crippen molar-refractivity contribution in [1.29, 1.82) is 0 Å². The zero-order valence-corrected chi connectivity index (χ0v) is 9.69. The molecule has 2 atom stereocenters. The lowest BCUT2D eigenvalue weighted by atomic mass is 9.86. The third-order valence-electron chi connectivity index (χ3n) is 3.19. The van der Waals surface area contributed by atoms with Crippen molar-refractivity contribution >= 4 is 11.7 Å². The molecule has 0 aromatic heterocycles. The lowest BCUT2D eigenvalue weighted by molar-refractivity contribution is -0.142. The third kappa shape index (κ3) is 1.90. The van der Waals surface area contributed by atoms with Gasteiger partial charge < -0.3 is 10.1 Å². The first-order chi connectivity index (χ1) is 7.76. The highest BCUT2D eigenvalue weighted by molar-refractivity contribution is 5.81. The number of hydrogen-bond donors (Lipinski definition) is 1. The smallest absolute Gasteiger partial charge is 0.313 e. The molecule has 1 aliphatic heterocycles. The topological polar surface area (TPSA) is 38.3 Å². The lowest BCUT2D eigenvalue weighted by Crippen LogP contribution is -2.31. The molecule has 1 heterocycles. The predicted octanol–water partition coefficient (Wildman–Crippen LogP) is 2.54. The first kappa shape index (κ1) is 11.0. The van der Waals surface area contributed by atoms with Crippen molar-refractivity contribution in [2.24, 2.45) is 0 Å². The average Bonchev–Trinajstić information content (AvgIpc) is 2.36. The van der Waals surface area contributed by atoms with Crippen molar-refractivity contribution in [3.63, 3.8) is 0 Å². The van der Waals surface area contributed by atoms with E-state index in [0.717, 1.165) is 24.1 Å². The standard InChI is InChI=1S/C13H17NO2/c1-3-9-8-11(13(15)16-2)10-6-4-5-7-12(10)14-9/h4-7,9,11,14H,3,8H2,1-2H3/t9-,11+/m1/s1. The number of anilines is 1. The van der Waals surface area contributed by atoms with Gasteiger partial charge in [-0.15, -0.1) is 0 Å². The van der Waals surface area contributed by atoms with E-state index in [1.807, 2.05) is 24.3 Å². The number of esters is 1. The maximum absolute atomic E-state index is 11.7. The van der Waals surface area contributed by atoms with Crippen LogP contribution >= 0.6 is 0 Å². The number of methoxy groups -OCH3 is 1. The molecule has 1 aliphatic rings. The van der Waals surface area contributed by atoms with Crippen LogP contribution in [-0.4, -0.2) is 19.1 Å². The second-order valence-electron chi connectivity index (χ2n) is 4.15. The summed E-state index contributed by atoms with van der Waals surface area (Å²) in [6.07, 6.45) is 1.84. The second-order valence-corrected chi connectivity index (χ2v) is 4.15. The Bertz CT molecular complexity index is 389. The highest BCUT2D eigenvalue weighted by atomic mass is 16.5. The predicted molar refractivity (Wildman–Crippen MR) is 63.5 cm³/mol. The number of carbonyl (C=O) groups is 1. The van der Waals surface area contributed by atoms with Crippen LogP contribution in [0.15, 0.2) is 24.3 Å². The monoisotopic (exact) mass is 219 g/mol. The van der Waals surface area contributed by atoms with Crippen LogP contribution in [0.1, 0.15) is 31.2 Å². The number of benzene rings is 1. The molecule has 0 saturated heterocycles. The van der Waals surface area contributed by atoms with Gasteiger partial charge in [0.2, 0.25) is 0 Å². The fourth-order valence-electron chi connectivity index (χ4n) is 2.26. The molecule has 1 aromatic carbocycles. The van der Waals surface area contributed by atoms with E-state index in [9.17, 15) is 4.79 Å². The van der Waals surface area contributed by atoms with Gasteiger partial charge in [0.25, 0.3) is 0 Å². The summed E-state index contributed by atoms with van der Waals surface area (Å²) in [4.78, 5) is 11.7. The number of fused-ring (bicyclic) bond motifs is 1. The van der Waals surface area contributed by atoms with Crippen molar-refractivity contribution in [3.05, 3.63) is 29.8 Å². The van der Waals surface area contributed by atoms with E-state index in [4.69, 9.17) is 4.74 Å². The molecule has 0 unspecified atom stereocenters. The molecular weight excluding hydrogens is 202 g/mol. The molecular formula is C13H17NO2. The Balaban J connectivity index is 2.35. The Morgan fingerprint density at radius 3 is 2.94 bits per heavy atom. The quantitative estimate of drug-likeness (QED) is 0.777. The summed E-state index contributed by atoms with van der Waals surface area (Å²) in [6, 6.07) is 8.32. The molecule has 3 nitrogen and oxygen atoms in total. The summed E-state index contributed by atoms with van der Waals surface area (Å²) in [7, 11) is 1.45. The van der Waals surface area contributed by atoms with Gasteiger partial charge in [-0.1, -0.05) is 25.1 Å². The van der Waals surface area contributed by atoms with Crippen molar-refractivity contribution in [3.8, 4) is 0 Å². The van der Waals surface area contributed by atoms with Crippen LogP contribution in [0.2, 0.25) is 0 Å². The average molecular weight is 219 g/mol. The highest BCUT2D eigenvalue weighted by Gasteiger charge is 2.30. The number of rotatable bonds is 2. The van der Waals surface area contributed by atoms with Crippen LogP contribution in [-0.2, 0) is 9.53 Å². The van der Waals surface area contributed by atoms with Crippen LogP contribution in [0.5, 0.6) is 0 Å². The largest absolute Gasteiger partial charge is 0.469 e. The van der Waals surface area contributed by atoms with Crippen molar-refractivity contribution in [2.75, 3.05) is 12.4 Å². The number of para-hydroxylation sites is 1. The van der Waals surface area contributed by atoms with E-state index in [1.54, 1.807) is 0 Å². The SMILES string of the molecule is CC[C@@H]1C[C@H](C(=O)OC)c2ccccc2N1. The van der Waals surface area contributed by atoms with Gasteiger partial charge in [0, 0.05) is 11.7 Å². The van der Waals surface area contributed by atoms with E-state index in [-0.39, 0.29) is 11.9 Å². The summed E-state index contributed by atoms with van der Waals surface area (Å²) in [6.45, 7) is 2.12. The van der Waals surface area contributed by atoms with Crippen molar-refractivity contribution in [2.45, 2.75) is 31.7 Å². The Labute approximate surface area is 95.8 Å². The third-order valence-corrected chi connectivity index (χ3v) is 3.19. The van der Waals surface area contributed by atoms with E-state index in [1.165, 1.54) is 7.11 Å². The van der Waals surface area contributed by atoms with E-state index >= 15 is 0 Å². The second kappa shape index (κ2) is 4.56. The normalized spacial score (nSPS) is 23.1. The molecule has 16 heavy (non-hydrogen) atoms. The Morgan fingerprint density at radius 2 is 2.25 bits per heavy atom. The lowest BCUT2D eigenvalue weighted by Gasteiger charge is -2.31. The molecule has 2 rings (SSSR count). The van der Waals surface area contributed by atoms with E-state index in [0.29, 0.717) is 6.04 Å². The minimum Gasteiger partial charge on any atom is -0.469 e. The minimum atomic E-state index is -0.132. The molecule has 3 heteroatoms. The van der Waals surface area contributed by atoms with E-state index in [2.05, 4.69) is 12.2 Å². The molecule has 0 saturated carbocycles. The Morgan fingerprint density at radius 1 is 1.50 bits per heavy atom. The molecule has 0 spiro atoms. The van der Waals surface area contributed by atoms with Gasteiger partial charge in [0.15, 0.2) is 0 Å². The van der Waals surface area contributed by atoms with Gasteiger partial charge in [0.1, 0.15) is 0 Å². The van der Waals surface area contributed by atoms with E-state index < -0.39 is 0 Å². The van der Waals surface area contributed by atoms with Gasteiger partial charge >= 0.3 is 5.97 Å². The van der Waals surface area contributed by atoms with Crippen LogP contribution in [0, 0.1) is 0 Å². The van der Waals surface area contributed by atoms with Crippen LogP contribution in [0.25, 0.3) is 0 Å². The van der Waals surface area contributed by atoms with Gasteiger partial charge in [-0.25, -0.2) is 0 Å². The number of nitrogens with one attached hydrogen (secondary N) is 1. The first-order valence-corrected chi connectivity index (χ1v) is 5.69. The highest BCUT2D eigenvalue weighted by Crippen LogP contribution is 2.35. The molecule has 86 valence electrons. The summed E-state index contributed by atoms with van der Waals surface area (Å²) in [5.74, 6) is -0.250. The van der Waals surface area contributed by atoms with Crippen LogP contribution in [0.4, 0.5) is 5.69 Å². The maximum Gasteiger partial charge on any atom is 0.313 e. The number of hydrogen-bond acceptors (Lipinski definition) is 3. The Kier molecular flexibility index (Phi) is 3.13. The van der Waals surface area contributed by atoms with Gasteiger partial charge in [0.05, 0.1) is 13.0 Å². The molecule has 0 amide bonds. The van der Waals surface area contributed by atoms with Crippen molar-refractivity contribution < 1.29 is 9.53 Å². The first-order valence-electron chi connectivity index (χ1n) is 5.69. The van der Waals surface area contributed by atoms with Gasteiger partial charge in [-0.3, -0.25) is 4.79 Å². The molecule has 0 bridgehead atoms. The van der Waals surface area contributed by atoms with Gasteiger partial charge in [-0.2, -0.15) is 0 Å². The molecule has 0 fully saturated rings. The number of ether oxygens (including phenoxy) is 1.